The second-order valence-electron chi connectivity index (χ2n) is 5.99. The maximum absolute atomic E-state index is 12.9. The summed E-state index contributed by atoms with van der Waals surface area (Å²) in [5, 5.41) is 10.4. The van der Waals surface area contributed by atoms with Crippen LogP contribution in [0.3, 0.4) is 0 Å². The lowest BCUT2D eigenvalue weighted by Crippen LogP contribution is -2.21. The van der Waals surface area contributed by atoms with Crippen LogP contribution in [0.1, 0.15) is 29.8 Å². The number of hydrogen-bond acceptors (Lipinski definition) is 6. The average molecular weight is 356 g/mol. The van der Waals surface area contributed by atoms with Gasteiger partial charge in [0.05, 0.1) is 11.1 Å². The number of ketones is 1. The first-order valence-electron chi connectivity index (χ1n) is 8.47. The van der Waals surface area contributed by atoms with Gasteiger partial charge in [0, 0.05) is 50.7 Å². The van der Waals surface area contributed by atoms with E-state index in [9.17, 15) is 14.7 Å². The fourth-order valence-electron chi connectivity index (χ4n) is 2.77. The molecule has 0 radical (unpaired) electrons. The van der Waals surface area contributed by atoms with E-state index < -0.39 is 5.78 Å². The predicted octanol–water partition coefficient (Wildman–Crippen LogP) is 3.07. The van der Waals surface area contributed by atoms with Gasteiger partial charge in [-0.15, -0.1) is 0 Å². The lowest BCUT2D eigenvalue weighted by Gasteiger charge is -2.21. The summed E-state index contributed by atoms with van der Waals surface area (Å²) in [6.07, 6.45) is 0. The molecule has 0 aliphatic carbocycles. The maximum Gasteiger partial charge on any atom is 0.298 e. The van der Waals surface area contributed by atoms with Crippen molar-refractivity contribution in [2.45, 2.75) is 13.8 Å². The summed E-state index contributed by atoms with van der Waals surface area (Å²) < 4.78 is 4.99. The number of nitrogens with zero attached hydrogens (tertiary/aromatic N) is 2. The number of phenols is 1. The second-order valence-corrected chi connectivity index (χ2v) is 5.99. The minimum absolute atomic E-state index is 0.104. The van der Waals surface area contributed by atoms with Crippen LogP contribution in [0.2, 0.25) is 0 Å². The summed E-state index contributed by atoms with van der Waals surface area (Å²) in [5.74, 6) is -0.354. The van der Waals surface area contributed by atoms with Gasteiger partial charge in [0.2, 0.25) is 0 Å². The number of phenolic OH excluding ortho intramolecular Hbond substituents is 1. The van der Waals surface area contributed by atoms with Crippen LogP contribution in [0.5, 0.6) is 11.5 Å². The first-order valence-corrected chi connectivity index (χ1v) is 8.47. The van der Waals surface area contributed by atoms with Crippen LogP contribution in [0.15, 0.2) is 36.4 Å². The molecule has 0 atom stereocenters. The molecule has 0 saturated heterocycles. The molecule has 2 aromatic rings. The van der Waals surface area contributed by atoms with Crippen molar-refractivity contribution in [2.24, 2.45) is 0 Å². The highest BCUT2D eigenvalue weighted by atomic mass is 16.5. The number of carbonyl (C=O) groups excluding carboxylic acids is 2. The zero-order valence-corrected chi connectivity index (χ0v) is 15.5. The molecule has 0 aromatic heterocycles. The molecular formula is C20H24N2O4. The smallest absolute Gasteiger partial charge is 0.298 e. The van der Waals surface area contributed by atoms with Crippen molar-refractivity contribution in [1.82, 2.24) is 0 Å². The van der Waals surface area contributed by atoms with Gasteiger partial charge in [-0.25, -0.2) is 0 Å². The molecule has 0 unspecified atom stereocenters. The first kappa shape index (κ1) is 19.3. The van der Waals surface area contributed by atoms with Crippen molar-refractivity contribution in [3.05, 3.63) is 47.5 Å². The van der Waals surface area contributed by atoms with Gasteiger partial charge in [0.25, 0.3) is 6.47 Å². The molecule has 6 nitrogen and oxygen atoms in total. The molecule has 0 aliphatic rings. The van der Waals surface area contributed by atoms with E-state index in [0.29, 0.717) is 0 Å². The largest absolute Gasteiger partial charge is 0.507 e. The van der Waals surface area contributed by atoms with E-state index >= 15 is 0 Å². The Morgan fingerprint density at radius 3 is 2.19 bits per heavy atom. The molecule has 0 amide bonds. The zero-order chi connectivity index (χ0) is 19.3. The Morgan fingerprint density at radius 2 is 1.65 bits per heavy atom. The van der Waals surface area contributed by atoms with E-state index in [1.54, 1.807) is 36.4 Å². The van der Waals surface area contributed by atoms with Crippen molar-refractivity contribution in [3.63, 3.8) is 0 Å². The second kappa shape index (κ2) is 8.38. The minimum Gasteiger partial charge on any atom is -0.507 e. The van der Waals surface area contributed by atoms with E-state index in [-0.39, 0.29) is 29.1 Å². The highest BCUT2D eigenvalue weighted by Crippen LogP contribution is 2.31. The molecule has 0 bridgehead atoms. The molecule has 0 saturated carbocycles. The summed E-state index contributed by atoms with van der Waals surface area (Å²) in [7, 11) is 3.69. The van der Waals surface area contributed by atoms with Crippen LogP contribution in [0, 0.1) is 0 Å². The Bertz CT molecular complexity index is 798. The van der Waals surface area contributed by atoms with Crippen molar-refractivity contribution >= 4 is 23.6 Å². The molecule has 1 N–H and O–H groups in total. The van der Waals surface area contributed by atoms with Crippen LogP contribution >= 0.6 is 0 Å². The van der Waals surface area contributed by atoms with Gasteiger partial charge in [-0.3, -0.25) is 9.59 Å². The monoisotopic (exact) mass is 356 g/mol. The van der Waals surface area contributed by atoms with E-state index in [4.69, 9.17) is 4.74 Å². The Morgan fingerprint density at radius 1 is 1.04 bits per heavy atom. The Labute approximate surface area is 153 Å². The van der Waals surface area contributed by atoms with Gasteiger partial charge in [0.15, 0.2) is 5.78 Å². The SMILES string of the molecule is CCN(CC)c1ccc(C(=O)c2ccc(N(C)C)cc2OC=O)c(O)c1. The number of benzene rings is 2. The maximum atomic E-state index is 12.9. The normalized spacial score (nSPS) is 10.3. The van der Waals surface area contributed by atoms with E-state index in [1.165, 1.54) is 0 Å². The molecule has 138 valence electrons. The molecule has 6 heteroatoms. The third kappa shape index (κ3) is 3.96. The van der Waals surface area contributed by atoms with Gasteiger partial charge >= 0.3 is 0 Å². The molecule has 26 heavy (non-hydrogen) atoms. The number of carbonyl (C=O) groups is 2. The standard InChI is InChI=1S/C20H24N2O4/c1-5-22(6-2)15-8-9-16(18(24)11-15)20(25)17-10-7-14(21(3)4)12-19(17)26-13-23/h7-13,24H,5-6H2,1-4H3. The molecule has 2 aromatic carbocycles. The summed E-state index contributed by atoms with van der Waals surface area (Å²) >= 11 is 0. The predicted molar refractivity (Wildman–Crippen MR) is 103 cm³/mol. The molecule has 0 fully saturated rings. The molecular weight excluding hydrogens is 332 g/mol. The van der Waals surface area contributed by atoms with Crippen LogP contribution in [0.25, 0.3) is 0 Å². The van der Waals surface area contributed by atoms with E-state index in [1.807, 2.05) is 32.8 Å². The Kier molecular flexibility index (Phi) is 6.22. The number of hydrogen-bond donors (Lipinski definition) is 1. The number of ether oxygens (including phenoxy) is 1. The van der Waals surface area contributed by atoms with Crippen LogP contribution in [-0.2, 0) is 4.79 Å². The lowest BCUT2D eigenvalue weighted by molar-refractivity contribution is -0.120. The van der Waals surface area contributed by atoms with Crippen LogP contribution in [0.4, 0.5) is 11.4 Å². The highest BCUT2D eigenvalue weighted by Gasteiger charge is 2.20. The van der Waals surface area contributed by atoms with Gasteiger partial charge in [-0.2, -0.15) is 0 Å². The van der Waals surface area contributed by atoms with Crippen LogP contribution in [-0.4, -0.2) is 44.5 Å². The summed E-state index contributed by atoms with van der Waals surface area (Å²) in [4.78, 5) is 27.6. The number of rotatable bonds is 8. The van der Waals surface area contributed by atoms with Crippen molar-refractivity contribution in [1.29, 1.82) is 0 Å². The lowest BCUT2D eigenvalue weighted by atomic mass is 10.0. The molecule has 0 spiro atoms. The van der Waals surface area contributed by atoms with Crippen molar-refractivity contribution < 1.29 is 19.4 Å². The van der Waals surface area contributed by atoms with Gasteiger partial charge in [-0.05, 0) is 38.1 Å². The quantitative estimate of drug-likeness (QED) is 0.579. The third-order valence-corrected chi connectivity index (χ3v) is 4.26. The molecule has 0 heterocycles. The Balaban J connectivity index is 2.44. The summed E-state index contributed by atoms with van der Waals surface area (Å²) in [5.41, 5.74) is 2.01. The zero-order valence-electron chi connectivity index (χ0n) is 15.5. The van der Waals surface area contributed by atoms with Gasteiger partial charge in [-0.1, -0.05) is 0 Å². The van der Waals surface area contributed by atoms with Gasteiger partial charge < -0.3 is 19.6 Å². The van der Waals surface area contributed by atoms with Gasteiger partial charge in [0.1, 0.15) is 11.5 Å². The molecule has 0 aliphatic heterocycles. The summed E-state index contributed by atoms with van der Waals surface area (Å²) in [6, 6.07) is 9.93. The van der Waals surface area contributed by atoms with Crippen molar-refractivity contribution in [2.75, 3.05) is 37.0 Å². The minimum atomic E-state index is -0.407. The number of anilines is 2. The third-order valence-electron chi connectivity index (χ3n) is 4.26. The van der Waals surface area contributed by atoms with Crippen LogP contribution < -0.4 is 14.5 Å². The fourth-order valence-corrected chi connectivity index (χ4v) is 2.77. The van der Waals surface area contributed by atoms with E-state index in [0.717, 1.165) is 24.5 Å². The highest BCUT2D eigenvalue weighted by molar-refractivity contribution is 6.12. The topological polar surface area (TPSA) is 70.1 Å². The summed E-state index contributed by atoms with van der Waals surface area (Å²) in [6.45, 7) is 5.93. The Hall–Kier alpha value is -3.02. The molecule has 2 rings (SSSR count). The fraction of sp³-hybridized carbons (Fsp3) is 0.300. The van der Waals surface area contributed by atoms with E-state index in [2.05, 4.69) is 4.90 Å². The van der Waals surface area contributed by atoms with Crippen molar-refractivity contribution in [3.8, 4) is 11.5 Å². The number of aromatic hydroxyl groups is 1. The first-order chi connectivity index (χ1) is 12.4. The average Bonchev–Trinajstić information content (AvgIpc) is 2.62.